The zero-order valence-electron chi connectivity index (χ0n) is 9.66. The molecular weight excluding hydrogens is 184 g/mol. The standard InChI is InChI=1S/C14H20O/c1-10-7-11(2)9-13(8-10)14(15)6-5-12-3-4-12/h7-9,12,14-15H,3-6H2,1-2H3. The minimum Gasteiger partial charge on any atom is -0.388 e. The third-order valence-electron chi connectivity index (χ3n) is 3.17. The Morgan fingerprint density at radius 3 is 2.33 bits per heavy atom. The fourth-order valence-electron chi connectivity index (χ4n) is 2.17. The second-order valence-electron chi connectivity index (χ2n) is 4.96. The quantitative estimate of drug-likeness (QED) is 0.795. The van der Waals surface area contributed by atoms with E-state index in [2.05, 4.69) is 32.0 Å². The molecule has 0 heterocycles. The first-order valence-electron chi connectivity index (χ1n) is 5.91. The Hall–Kier alpha value is -0.820. The van der Waals surface area contributed by atoms with Gasteiger partial charge in [0.05, 0.1) is 6.10 Å². The molecule has 1 aromatic carbocycles. The van der Waals surface area contributed by atoms with E-state index in [1.165, 1.54) is 30.4 Å². The van der Waals surface area contributed by atoms with Crippen LogP contribution in [0.5, 0.6) is 0 Å². The Kier molecular flexibility index (Phi) is 3.11. The van der Waals surface area contributed by atoms with Gasteiger partial charge >= 0.3 is 0 Å². The molecule has 0 radical (unpaired) electrons. The van der Waals surface area contributed by atoms with Crippen LogP contribution in [0.15, 0.2) is 18.2 Å². The molecule has 1 aliphatic carbocycles. The summed E-state index contributed by atoms with van der Waals surface area (Å²) >= 11 is 0. The predicted octanol–water partition coefficient (Wildman–Crippen LogP) is 3.53. The number of aliphatic hydroxyl groups excluding tert-OH is 1. The second kappa shape index (κ2) is 4.36. The number of benzene rings is 1. The Morgan fingerprint density at radius 2 is 1.80 bits per heavy atom. The van der Waals surface area contributed by atoms with Crippen molar-refractivity contribution in [3.63, 3.8) is 0 Å². The Morgan fingerprint density at radius 1 is 1.20 bits per heavy atom. The summed E-state index contributed by atoms with van der Waals surface area (Å²) < 4.78 is 0. The molecule has 1 N–H and O–H groups in total. The Balaban J connectivity index is 1.99. The second-order valence-corrected chi connectivity index (χ2v) is 4.96. The summed E-state index contributed by atoms with van der Waals surface area (Å²) in [5.41, 5.74) is 3.58. The van der Waals surface area contributed by atoms with Crippen molar-refractivity contribution in [3.8, 4) is 0 Å². The molecule has 1 fully saturated rings. The Labute approximate surface area is 92.1 Å². The zero-order valence-corrected chi connectivity index (χ0v) is 9.66. The van der Waals surface area contributed by atoms with Crippen molar-refractivity contribution >= 4 is 0 Å². The smallest absolute Gasteiger partial charge is 0.0790 e. The van der Waals surface area contributed by atoms with Gasteiger partial charge in [0.2, 0.25) is 0 Å². The SMILES string of the molecule is Cc1cc(C)cc(C(O)CCC2CC2)c1. The lowest BCUT2D eigenvalue weighted by Crippen LogP contribution is -1.99. The lowest BCUT2D eigenvalue weighted by atomic mass is 9.99. The summed E-state index contributed by atoms with van der Waals surface area (Å²) in [7, 11) is 0. The summed E-state index contributed by atoms with van der Waals surface area (Å²) in [4.78, 5) is 0. The zero-order chi connectivity index (χ0) is 10.8. The van der Waals surface area contributed by atoms with Gasteiger partial charge in [0.1, 0.15) is 0 Å². The highest BCUT2D eigenvalue weighted by Gasteiger charge is 2.22. The molecule has 2 rings (SSSR count). The fourth-order valence-corrected chi connectivity index (χ4v) is 2.17. The van der Waals surface area contributed by atoms with Gasteiger partial charge in [-0.05, 0) is 38.2 Å². The van der Waals surface area contributed by atoms with Crippen LogP contribution in [0.3, 0.4) is 0 Å². The molecule has 15 heavy (non-hydrogen) atoms. The lowest BCUT2D eigenvalue weighted by molar-refractivity contribution is 0.162. The molecule has 0 saturated heterocycles. The summed E-state index contributed by atoms with van der Waals surface area (Å²) in [5.74, 6) is 0.908. The van der Waals surface area contributed by atoms with Crippen LogP contribution in [-0.4, -0.2) is 5.11 Å². The first-order valence-corrected chi connectivity index (χ1v) is 5.91. The van der Waals surface area contributed by atoms with Gasteiger partial charge in [-0.2, -0.15) is 0 Å². The maximum absolute atomic E-state index is 10.0. The highest BCUT2D eigenvalue weighted by atomic mass is 16.3. The van der Waals surface area contributed by atoms with E-state index in [1.54, 1.807) is 0 Å². The lowest BCUT2D eigenvalue weighted by Gasteiger charge is -2.12. The Bertz CT molecular complexity index is 319. The van der Waals surface area contributed by atoms with E-state index in [9.17, 15) is 5.11 Å². The van der Waals surface area contributed by atoms with Gasteiger partial charge in [-0.15, -0.1) is 0 Å². The van der Waals surface area contributed by atoms with E-state index in [0.29, 0.717) is 0 Å². The molecule has 1 aliphatic rings. The topological polar surface area (TPSA) is 20.2 Å². The van der Waals surface area contributed by atoms with Gasteiger partial charge in [0.15, 0.2) is 0 Å². The van der Waals surface area contributed by atoms with Crippen LogP contribution in [0.4, 0.5) is 0 Å². The maximum Gasteiger partial charge on any atom is 0.0790 e. The van der Waals surface area contributed by atoms with Crippen LogP contribution < -0.4 is 0 Å². The molecule has 1 atom stereocenters. The average molecular weight is 204 g/mol. The van der Waals surface area contributed by atoms with E-state index in [-0.39, 0.29) is 6.10 Å². The minimum absolute atomic E-state index is 0.260. The first kappa shape index (κ1) is 10.7. The van der Waals surface area contributed by atoms with Gasteiger partial charge in [-0.1, -0.05) is 42.2 Å². The average Bonchev–Trinajstić information content (AvgIpc) is 2.96. The van der Waals surface area contributed by atoms with Crippen molar-refractivity contribution in [2.24, 2.45) is 5.92 Å². The molecule has 0 spiro atoms. The monoisotopic (exact) mass is 204 g/mol. The molecule has 0 aromatic heterocycles. The normalized spacial score (nSPS) is 17.8. The molecule has 0 aliphatic heterocycles. The van der Waals surface area contributed by atoms with Gasteiger partial charge < -0.3 is 5.11 Å². The summed E-state index contributed by atoms with van der Waals surface area (Å²) in [6, 6.07) is 6.35. The summed E-state index contributed by atoms with van der Waals surface area (Å²) in [6.07, 6.45) is 4.60. The van der Waals surface area contributed by atoms with Crippen LogP contribution >= 0.6 is 0 Å². The van der Waals surface area contributed by atoms with Gasteiger partial charge in [0.25, 0.3) is 0 Å². The largest absolute Gasteiger partial charge is 0.388 e. The molecule has 0 amide bonds. The van der Waals surface area contributed by atoms with E-state index < -0.39 is 0 Å². The van der Waals surface area contributed by atoms with Crippen molar-refractivity contribution in [1.29, 1.82) is 0 Å². The van der Waals surface area contributed by atoms with E-state index in [4.69, 9.17) is 0 Å². The number of hydrogen-bond acceptors (Lipinski definition) is 1. The van der Waals surface area contributed by atoms with Crippen molar-refractivity contribution in [3.05, 3.63) is 34.9 Å². The number of aliphatic hydroxyl groups is 1. The molecule has 1 heteroatoms. The van der Waals surface area contributed by atoms with Crippen molar-refractivity contribution < 1.29 is 5.11 Å². The van der Waals surface area contributed by atoms with Crippen molar-refractivity contribution in [2.75, 3.05) is 0 Å². The van der Waals surface area contributed by atoms with Crippen LogP contribution in [0.2, 0.25) is 0 Å². The number of rotatable bonds is 4. The third-order valence-corrected chi connectivity index (χ3v) is 3.17. The fraction of sp³-hybridized carbons (Fsp3) is 0.571. The third kappa shape index (κ3) is 3.07. The van der Waals surface area contributed by atoms with Crippen LogP contribution in [-0.2, 0) is 0 Å². The molecule has 82 valence electrons. The van der Waals surface area contributed by atoms with Crippen LogP contribution in [0, 0.1) is 19.8 Å². The van der Waals surface area contributed by atoms with Gasteiger partial charge in [-0.25, -0.2) is 0 Å². The molecule has 1 saturated carbocycles. The van der Waals surface area contributed by atoms with E-state index >= 15 is 0 Å². The predicted molar refractivity (Wildman–Crippen MR) is 62.8 cm³/mol. The minimum atomic E-state index is -0.260. The van der Waals surface area contributed by atoms with E-state index in [1.807, 2.05) is 0 Å². The molecule has 0 bridgehead atoms. The number of aryl methyl sites for hydroxylation is 2. The molecule has 1 aromatic rings. The molecular formula is C14H20O. The van der Waals surface area contributed by atoms with Crippen molar-refractivity contribution in [1.82, 2.24) is 0 Å². The number of hydrogen-bond donors (Lipinski definition) is 1. The van der Waals surface area contributed by atoms with Crippen molar-refractivity contribution in [2.45, 2.75) is 45.6 Å². The maximum atomic E-state index is 10.0. The summed E-state index contributed by atoms with van der Waals surface area (Å²) in [5, 5.41) is 10.0. The van der Waals surface area contributed by atoms with Crippen LogP contribution in [0.25, 0.3) is 0 Å². The van der Waals surface area contributed by atoms with Gasteiger partial charge in [0, 0.05) is 0 Å². The first-order chi connectivity index (χ1) is 7.15. The van der Waals surface area contributed by atoms with E-state index in [0.717, 1.165) is 17.9 Å². The highest BCUT2D eigenvalue weighted by molar-refractivity contribution is 5.29. The molecule has 1 unspecified atom stereocenters. The van der Waals surface area contributed by atoms with Crippen LogP contribution in [0.1, 0.15) is 48.5 Å². The summed E-state index contributed by atoms with van der Waals surface area (Å²) in [6.45, 7) is 4.17. The highest BCUT2D eigenvalue weighted by Crippen LogP contribution is 2.36. The molecule has 1 nitrogen and oxygen atoms in total. The van der Waals surface area contributed by atoms with Gasteiger partial charge in [-0.3, -0.25) is 0 Å².